The Balaban J connectivity index is 1.80. The summed E-state index contributed by atoms with van der Waals surface area (Å²) < 4.78 is 10.9. The fraction of sp³-hybridized carbons (Fsp3) is 0.700. The van der Waals surface area contributed by atoms with Gasteiger partial charge < -0.3 is 29.9 Å². The van der Waals surface area contributed by atoms with Gasteiger partial charge in [-0.25, -0.2) is 0 Å². The van der Waals surface area contributed by atoms with Crippen LogP contribution in [-0.2, 0) is 21.7 Å². The van der Waals surface area contributed by atoms with Crippen molar-refractivity contribution in [2.45, 2.75) is 75.3 Å². The van der Waals surface area contributed by atoms with Crippen LogP contribution in [-0.4, -0.2) is 58.1 Å². The number of methoxy groups -OCH3 is 1. The zero-order valence-electron chi connectivity index (χ0n) is 15.7. The van der Waals surface area contributed by atoms with E-state index in [1.165, 1.54) is 6.92 Å². The SMILES string of the molecule is COC1CCC(Cc2cc([C@@]3(O)O[C@H](C)[C@@H](O)[C@H](O)[C@H]3O)ccc2Cl)CC1. The van der Waals surface area contributed by atoms with Gasteiger partial charge in [-0.2, -0.15) is 0 Å². The molecule has 1 saturated heterocycles. The van der Waals surface area contributed by atoms with E-state index in [1.54, 1.807) is 25.3 Å². The summed E-state index contributed by atoms with van der Waals surface area (Å²) in [6.07, 6.45) is -0.0801. The Morgan fingerprint density at radius 2 is 1.81 bits per heavy atom. The highest BCUT2D eigenvalue weighted by atomic mass is 35.5. The largest absolute Gasteiger partial charge is 0.388 e. The molecule has 1 aromatic carbocycles. The minimum Gasteiger partial charge on any atom is -0.388 e. The van der Waals surface area contributed by atoms with E-state index >= 15 is 0 Å². The molecule has 0 radical (unpaired) electrons. The first-order valence-corrected chi connectivity index (χ1v) is 9.90. The lowest BCUT2D eigenvalue weighted by atomic mass is 9.82. The quantitative estimate of drug-likeness (QED) is 0.614. The number of hydrogen-bond donors (Lipinski definition) is 4. The smallest absolute Gasteiger partial charge is 0.222 e. The molecule has 0 unspecified atom stereocenters. The highest BCUT2D eigenvalue weighted by Crippen LogP contribution is 2.38. The van der Waals surface area contributed by atoms with E-state index in [-0.39, 0.29) is 0 Å². The van der Waals surface area contributed by atoms with Gasteiger partial charge in [-0.1, -0.05) is 17.7 Å². The zero-order valence-corrected chi connectivity index (χ0v) is 16.5. The number of benzene rings is 1. The van der Waals surface area contributed by atoms with Crippen molar-refractivity contribution >= 4 is 11.6 Å². The predicted octanol–water partition coefficient (Wildman–Crippen LogP) is 1.73. The molecule has 152 valence electrons. The fourth-order valence-electron chi connectivity index (χ4n) is 4.19. The maximum atomic E-state index is 11.0. The first kappa shape index (κ1) is 21.0. The minimum atomic E-state index is -2.11. The number of aliphatic hydroxyl groups is 4. The third-order valence-corrected chi connectivity index (χ3v) is 6.38. The van der Waals surface area contributed by atoms with Gasteiger partial charge in [0, 0.05) is 17.7 Å². The van der Waals surface area contributed by atoms with E-state index < -0.39 is 30.2 Å². The number of rotatable bonds is 4. The molecule has 3 rings (SSSR count). The van der Waals surface area contributed by atoms with Crippen LogP contribution in [0.2, 0.25) is 5.02 Å². The lowest BCUT2D eigenvalue weighted by molar-refractivity contribution is -0.351. The average Bonchev–Trinajstić information content (AvgIpc) is 2.67. The van der Waals surface area contributed by atoms with Crippen molar-refractivity contribution in [2.24, 2.45) is 5.92 Å². The molecule has 1 aromatic rings. The summed E-state index contributed by atoms with van der Waals surface area (Å²) >= 11 is 6.37. The Morgan fingerprint density at radius 3 is 2.44 bits per heavy atom. The van der Waals surface area contributed by atoms with Crippen molar-refractivity contribution in [1.29, 1.82) is 0 Å². The highest BCUT2D eigenvalue weighted by molar-refractivity contribution is 6.31. The topological polar surface area (TPSA) is 99.4 Å². The molecule has 1 heterocycles. The first-order chi connectivity index (χ1) is 12.8. The Labute approximate surface area is 164 Å². The van der Waals surface area contributed by atoms with Crippen LogP contribution >= 0.6 is 11.6 Å². The third-order valence-electron chi connectivity index (χ3n) is 6.02. The van der Waals surface area contributed by atoms with Crippen molar-refractivity contribution in [2.75, 3.05) is 7.11 Å². The van der Waals surface area contributed by atoms with Crippen LogP contribution in [0.1, 0.15) is 43.7 Å². The van der Waals surface area contributed by atoms with Gasteiger partial charge in [-0.05, 0) is 62.6 Å². The van der Waals surface area contributed by atoms with E-state index in [1.807, 2.05) is 0 Å². The molecular weight excluding hydrogens is 372 g/mol. The maximum absolute atomic E-state index is 11.0. The van der Waals surface area contributed by atoms with E-state index in [4.69, 9.17) is 21.1 Å². The van der Waals surface area contributed by atoms with Crippen molar-refractivity contribution in [3.05, 3.63) is 34.3 Å². The summed E-state index contributed by atoms with van der Waals surface area (Å²) in [5.41, 5.74) is 1.19. The number of hydrogen-bond acceptors (Lipinski definition) is 6. The van der Waals surface area contributed by atoms with Gasteiger partial charge in [0.1, 0.15) is 18.3 Å². The highest BCUT2D eigenvalue weighted by Gasteiger charge is 2.52. The predicted molar refractivity (Wildman–Crippen MR) is 100 cm³/mol. The van der Waals surface area contributed by atoms with E-state index in [2.05, 4.69) is 0 Å². The summed E-state index contributed by atoms with van der Waals surface area (Å²) in [7, 11) is 1.74. The zero-order chi connectivity index (χ0) is 19.8. The minimum absolute atomic E-state index is 0.317. The molecule has 5 atom stereocenters. The lowest BCUT2D eigenvalue weighted by Gasteiger charge is -2.45. The summed E-state index contributed by atoms with van der Waals surface area (Å²) in [6.45, 7) is 1.54. The third kappa shape index (κ3) is 4.17. The van der Waals surface area contributed by atoms with Gasteiger partial charge >= 0.3 is 0 Å². The molecule has 0 spiro atoms. The van der Waals surface area contributed by atoms with Crippen LogP contribution in [0, 0.1) is 5.92 Å². The molecule has 0 bridgehead atoms. The summed E-state index contributed by atoms with van der Waals surface area (Å²) in [5.74, 6) is -1.63. The molecule has 2 aliphatic rings. The van der Waals surface area contributed by atoms with E-state index in [9.17, 15) is 20.4 Å². The van der Waals surface area contributed by atoms with Gasteiger partial charge in [0.25, 0.3) is 0 Å². The van der Waals surface area contributed by atoms with Crippen LogP contribution in [0.4, 0.5) is 0 Å². The number of halogens is 1. The Hall–Kier alpha value is -0.730. The van der Waals surface area contributed by atoms with Crippen LogP contribution in [0.3, 0.4) is 0 Å². The summed E-state index contributed by atoms with van der Waals surface area (Å²) in [6, 6.07) is 4.97. The molecule has 6 nitrogen and oxygen atoms in total. The van der Waals surface area contributed by atoms with Crippen LogP contribution in [0.15, 0.2) is 18.2 Å². The second kappa shape index (κ2) is 8.33. The molecule has 0 amide bonds. The summed E-state index contributed by atoms with van der Waals surface area (Å²) in [5, 5.41) is 41.8. The fourth-order valence-corrected chi connectivity index (χ4v) is 4.39. The average molecular weight is 401 g/mol. The Bertz CT molecular complexity index is 647. The van der Waals surface area contributed by atoms with Crippen molar-refractivity contribution in [3.63, 3.8) is 0 Å². The molecule has 2 fully saturated rings. The molecule has 27 heavy (non-hydrogen) atoms. The van der Waals surface area contributed by atoms with Gasteiger partial charge in [0.15, 0.2) is 0 Å². The van der Waals surface area contributed by atoms with Crippen LogP contribution in [0.5, 0.6) is 0 Å². The number of aliphatic hydroxyl groups excluding tert-OH is 3. The number of ether oxygens (including phenoxy) is 2. The first-order valence-electron chi connectivity index (χ1n) is 9.52. The standard InChI is InChI=1S/C20H29ClO6/c1-11-17(22)18(23)19(24)20(25,27-11)14-5-8-16(21)13(10-14)9-12-3-6-15(26-2)7-4-12/h5,8,10-12,15,17-19,22-25H,3-4,6-7,9H2,1-2H3/t11-,12?,15?,17-,18+,19-,20-/m1/s1. The van der Waals surface area contributed by atoms with Gasteiger partial charge in [-0.3, -0.25) is 0 Å². The summed E-state index contributed by atoms with van der Waals surface area (Å²) in [4.78, 5) is 0. The normalized spacial score (nSPS) is 40.1. The van der Waals surface area contributed by atoms with E-state index in [0.717, 1.165) is 37.7 Å². The van der Waals surface area contributed by atoms with Gasteiger partial charge in [0.05, 0.1) is 12.2 Å². The van der Waals surface area contributed by atoms with Crippen LogP contribution < -0.4 is 0 Å². The van der Waals surface area contributed by atoms with Crippen molar-refractivity contribution in [1.82, 2.24) is 0 Å². The molecule has 0 aromatic heterocycles. The monoisotopic (exact) mass is 400 g/mol. The Kier molecular flexibility index (Phi) is 6.48. The van der Waals surface area contributed by atoms with Gasteiger partial charge in [0.2, 0.25) is 5.79 Å². The second-order valence-corrected chi connectivity index (χ2v) is 8.24. The molecular formula is C20H29ClO6. The van der Waals surface area contributed by atoms with Crippen molar-refractivity contribution in [3.8, 4) is 0 Å². The van der Waals surface area contributed by atoms with Crippen molar-refractivity contribution < 1.29 is 29.9 Å². The maximum Gasteiger partial charge on any atom is 0.222 e. The molecule has 1 saturated carbocycles. The molecule has 4 N–H and O–H groups in total. The molecule has 1 aliphatic heterocycles. The van der Waals surface area contributed by atoms with E-state index in [0.29, 0.717) is 22.6 Å². The lowest BCUT2D eigenvalue weighted by Crippen LogP contribution is -2.62. The molecule has 1 aliphatic carbocycles. The Morgan fingerprint density at radius 1 is 1.15 bits per heavy atom. The molecule has 7 heteroatoms. The van der Waals surface area contributed by atoms with Gasteiger partial charge in [-0.15, -0.1) is 0 Å². The second-order valence-electron chi connectivity index (χ2n) is 7.83. The van der Waals surface area contributed by atoms with Crippen LogP contribution in [0.25, 0.3) is 0 Å².